The van der Waals surface area contributed by atoms with Crippen molar-refractivity contribution in [2.75, 3.05) is 11.9 Å². The van der Waals surface area contributed by atoms with Gasteiger partial charge in [0.15, 0.2) is 0 Å². The smallest absolute Gasteiger partial charge is 0.313 e. The lowest BCUT2D eigenvalue weighted by molar-refractivity contribution is -0.136. The fourth-order valence-corrected chi connectivity index (χ4v) is 1.37. The summed E-state index contributed by atoms with van der Waals surface area (Å²) in [4.78, 5) is 23.0. The van der Waals surface area contributed by atoms with E-state index in [9.17, 15) is 9.59 Å². The van der Waals surface area contributed by atoms with Crippen LogP contribution in [0.3, 0.4) is 0 Å². The third kappa shape index (κ3) is 4.35. The molecule has 1 aromatic rings. The van der Waals surface area contributed by atoms with E-state index in [0.717, 1.165) is 0 Å². The number of hydrogen-bond donors (Lipinski definition) is 3. The molecule has 0 aliphatic rings. The topological polar surface area (TPSA) is 78.4 Å². The molecular weight excluding hydrogens is 256 g/mol. The fraction of sp³-hybridized carbons (Fsp3) is 0.333. The van der Waals surface area contributed by atoms with Gasteiger partial charge < -0.3 is 15.7 Å². The van der Waals surface area contributed by atoms with Crippen LogP contribution in [0.25, 0.3) is 0 Å². The quantitative estimate of drug-likeness (QED) is 0.719. The number of benzene rings is 1. The number of aliphatic hydroxyl groups is 1. The number of rotatable bonds is 4. The van der Waals surface area contributed by atoms with Crippen molar-refractivity contribution in [1.82, 2.24) is 5.32 Å². The molecular formula is C12H15ClN2O3. The maximum atomic E-state index is 11.5. The molecule has 0 spiro atoms. The van der Waals surface area contributed by atoms with E-state index in [2.05, 4.69) is 10.6 Å². The van der Waals surface area contributed by atoms with Crippen molar-refractivity contribution >= 4 is 29.1 Å². The summed E-state index contributed by atoms with van der Waals surface area (Å²) in [5.41, 5.74) is 0.483. The molecule has 18 heavy (non-hydrogen) atoms. The zero-order chi connectivity index (χ0) is 13.5. The van der Waals surface area contributed by atoms with Gasteiger partial charge in [-0.15, -0.1) is 0 Å². The number of carbonyl (C=O) groups excluding carboxylic acids is 2. The highest BCUT2D eigenvalue weighted by Crippen LogP contribution is 2.13. The maximum Gasteiger partial charge on any atom is 0.313 e. The zero-order valence-corrected chi connectivity index (χ0v) is 10.7. The molecule has 5 nitrogen and oxygen atoms in total. The number of halogens is 1. The van der Waals surface area contributed by atoms with Gasteiger partial charge in [-0.25, -0.2) is 0 Å². The van der Waals surface area contributed by atoms with Gasteiger partial charge in [0.1, 0.15) is 0 Å². The number of amides is 2. The Hall–Kier alpha value is -1.59. The summed E-state index contributed by atoms with van der Waals surface area (Å²) in [6, 6.07) is 6.00. The monoisotopic (exact) mass is 270 g/mol. The molecule has 0 saturated heterocycles. The van der Waals surface area contributed by atoms with Crippen LogP contribution in [0.15, 0.2) is 24.3 Å². The lowest BCUT2D eigenvalue weighted by Crippen LogP contribution is -2.43. The first-order valence-electron chi connectivity index (χ1n) is 5.55. The minimum Gasteiger partial charge on any atom is -0.394 e. The van der Waals surface area contributed by atoms with Crippen molar-refractivity contribution < 1.29 is 14.7 Å². The van der Waals surface area contributed by atoms with E-state index < -0.39 is 17.9 Å². The first-order valence-corrected chi connectivity index (χ1v) is 5.93. The summed E-state index contributed by atoms with van der Waals surface area (Å²) < 4.78 is 0. The van der Waals surface area contributed by atoms with Gasteiger partial charge in [-0.05, 0) is 30.7 Å². The first-order chi connectivity index (χ1) is 8.56. The Kier molecular flexibility index (Phi) is 5.61. The molecule has 2 amide bonds. The fourth-order valence-electron chi connectivity index (χ4n) is 1.25. The summed E-state index contributed by atoms with van der Waals surface area (Å²) in [6.45, 7) is 1.61. The van der Waals surface area contributed by atoms with Gasteiger partial charge >= 0.3 is 11.8 Å². The highest BCUT2D eigenvalue weighted by Gasteiger charge is 2.17. The second-order valence-corrected chi connectivity index (χ2v) is 4.16. The summed E-state index contributed by atoms with van der Waals surface area (Å²) in [5, 5.41) is 14.3. The predicted octanol–water partition coefficient (Wildman–Crippen LogP) is 1.17. The Labute approximate surface area is 110 Å². The zero-order valence-electron chi connectivity index (χ0n) is 9.94. The highest BCUT2D eigenvalue weighted by atomic mass is 35.5. The second-order valence-electron chi connectivity index (χ2n) is 3.72. The van der Waals surface area contributed by atoms with Crippen molar-refractivity contribution in [3.63, 3.8) is 0 Å². The summed E-state index contributed by atoms with van der Waals surface area (Å²) in [6.07, 6.45) is 0.552. The number of anilines is 1. The van der Waals surface area contributed by atoms with Crippen LogP contribution in [0.2, 0.25) is 5.02 Å². The van der Waals surface area contributed by atoms with Crippen molar-refractivity contribution in [2.24, 2.45) is 0 Å². The standard InChI is InChI=1S/C12H15ClN2O3/c1-2-9(7-16)14-11(17)12(18)15-10-5-3-8(13)4-6-10/h3-6,9,16H,2,7H2,1H3,(H,14,17)(H,15,18). The van der Waals surface area contributed by atoms with Crippen LogP contribution in [0.4, 0.5) is 5.69 Å². The molecule has 0 heterocycles. The van der Waals surface area contributed by atoms with Crippen LogP contribution in [0.1, 0.15) is 13.3 Å². The van der Waals surface area contributed by atoms with E-state index in [1.807, 2.05) is 0 Å². The second kappa shape index (κ2) is 6.98. The van der Waals surface area contributed by atoms with Gasteiger partial charge in [-0.1, -0.05) is 18.5 Å². The normalized spacial score (nSPS) is 11.7. The van der Waals surface area contributed by atoms with E-state index in [1.165, 1.54) is 0 Å². The van der Waals surface area contributed by atoms with Crippen LogP contribution < -0.4 is 10.6 Å². The molecule has 1 aromatic carbocycles. The van der Waals surface area contributed by atoms with Gasteiger partial charge in [0.2, 0.25) is 0 Å². The average Bonchev–Trinajstić information content (AvgIpc) is 2.38. The van der Waals surface area contributed by atoms with E-state index in [0.29, 0.717) is 17.1 Å². The van der Waals surface area contributed by atoms with Crippen molar-refractivity contribution in [3.05, 3.63) is 29.3 Å². The Bertz CT molecular complexity index is 416. The molecule has 0 aliphatic carbocycles. The number of carbonyl (C=O) groups is 2. The summed E-state index contributed by atoms with van der Waals surface area (Å²) >= 11 is 5.70. The lowest BCUT2D eigenvalue weighted by Gasteiger charge is -2.13. The van der Waals surface area contributed by atoms with Crippen LogP contribution in [-0.2, 0) is 9.59 Å². The Morgan fingerprint density at radius 1 is 1.28 bits per heavy atom. The van der Waals surface area contributed by atoms with Crippen molar-refractivity contribution in [2.45, 2.75) is 19.4 Å². The molecule has 1 atom stereocenters. The highest BCUT2D eigenvalue weighted by molar-refractivity contribution is 6.39. The minimum absolute atomic E-state index is 0.198. The van der Waals surface area contributed by atoms with Crippen molar-refractivity contribution in [3.8, 4) is 0 Å². The Balaban J connectivity index is 2.54. The SMILES string of the molecule is CCC(CO)NC(=O)C(=O)Nc1ccc(Cl)cc1. The van der Waals surface area contributed by atoms with Crippen LogP contribution in [0, 0.1) is 0 Å². The van der Waals surface area contributed by atoms with E-state index >= 15 is 0 Å². The first kappa shape index (κ1) is 14.5. The predicted molar refractivity (Wildman–Crippen MR) is 69.4 cm³/mol. The number of aliphatic hydroxyl groups excluding tert-OH is 1. The number of nitrogens with one attached hydrogen (secondary N) is 2. The van der Waals surface area contributed by atoms with Crippen molar-refractivity contribution in [1.29, 1.82) is 0 Å². The molecule has 98 valence electrons. The van der Waals surface area contributed by atoms with Gasteiger partial charge in [0.25, 0.3) is 0 Å². The van der Waals surface area contributed by atoms with E-state index in [4.69, 9.17) is 16.7 Å². The van der Waals surface area contributed by atoms with E-state index in [-0.39, 0.29) is 6.61 Å². The number of hydrogen-bond acceptors (Lipinski definition) is 3. The summed E-state index contributed by atoms with van der Waals surface area (Å²) in [5.74, 6) is -1.55. The molecule has 0 fully saturated rings. The molecule has 0 aliphatic heterocycles. The maximum absolute atomic E-state index is 11.5. The minimum atomic E-state index is -0.774. The van der Waals surface area contributed by atoms with Crippen LogP contribution >= 0.6 is 11.6 Å². The molecule has 0 saturated carbocycles. The molecule has 1 unspecified atom stereocenters. The Morgan fingerprint density at radius 3 is 2.39 bits per heavy atom. The lowest BCUT2D eigenvalue weighted by atomic mass is 10.2. The van der Waals surface area contributed by atoms with Gasteiger partial charge in [-0.2, -0.15) is 0 Å². The van der Waals surface area contributed by atoms with Crippen LogP contribution in [0.5, 0.6) is 0 Å². The van der Waals surface area contributed by atoms with Gasteiger partial charge in [0, 0.05) is 10.7 Å². The third-order valence-electron chi connectivity index (χ3n) is 2.36. The molecule has 6 heteroatoms. The Morgan fingerprint density at radius 2 is 1.89 bits per heavy atom. The summed E-state index contributed by atoms with van der Waals surface area (Å²) in [7, 11) is 0. The van der Waals surface area contributed by atoms with Gasteiger partial charge in [0.05, 0.1) is 12.6 Å². The van der Waals surface area contributed by atoms with Crippen LogP contribution in [-0.4, -0.2) is 29.6 Å². The third-order valence-corrected chi connectivity index (χ3v) is 2.61. The largest absolute Gasteiger partial charge is 0.394 e. The molecule has 3 N–H and O–H groups in total. The average molecular weight is 271 g/mol. The van der Waals surface area contributed by atoms with Gasteiger partial charge in [-0.3, -0.25) is 9.59 Å². The molecule has 0 radical (unpaired) electrons. The molecule has 0 bridgehead atoms. The van der Waals surface area contributed by atoms with E-state index in [1.54, 1.807) is 31.2 Å². The molecule has 0 aromatic heterocycles. The molecule has 1 rings (SSSR count).